The van der Waals surface area contributed by atoms with E-state index in [1.165, 1.54) is 19.1 Å². The van der Waals surface area contributed by atoms with Crippen LogP contribution in [0.5, 0.6) is 0 Å². The number of fused-ring (bicyclic) bond motifs is 1. The van der Waals surface area contributed by atoms with Crippen molar-refractivity contribution in [1.82, 2.24) is 9.80 Å². The van der Waals surface area contributed by atoms with E-state index in [1.54, 1.807) is 21.9 Å². The first kappa shape index (κ1) is 23.5. The number of hydrogen-bond acceptors (Lipinski definition) is 5. The Bertz CT molecular complexity index is 1270. The average Bonchev–Trinajstić information content (AvgIpc) is 3.58. The number of benzene rings is 3. The molecule has 184 valence electrons. The van der Waals surface area contributed by atoms with Crippen LogP contribution in [-0.2, 0) is 28.9 Å². The van der Waals surface area contributed by atoms with Gasteiger partial charge in [-0.15, -0.1) is 0 Å². The van der Waals surface area contributed by atoms with Crippen molar-refractivity contribution in [2.75, 3.05) is 0 Å². The van der Waals surface area contributed by atoms with Gasteiger partial charge in [0.2, 0.25) is 0 Å². The molecule has 0 saturated carbocycles. The largest absolute Gasteiger partial charge is 0.458 e. The fraction of sp³-hybridized carbons (Fsp3) is 0.286. The molecule has 3 aromatic carbocycles. The van der Waals surface area contributed by atoms with Crippen molar-refractivity contribution in [2.45, 2.75) is 50.5 Å². The molecule has 0 unspecified atom stereocenters. The van der Waals surface area contributed by atoms with Gasteiger partial charge in [-0.1, -0.05) is 72.8 Å². The highest BCUT2D eigenvalue weighted by Gasteiger charge is 2.63. The smallest absolute Gasteiger partial charge is 0.321 e. The van der Waals surface area contributed by atoms with Crippen LogP contribution in [0.25, 0.3) is 0 Å². The Morgan fingerprint density at radius 2 is 1.47 bits per heavy atom. The average molecular weight is 486 g/mol. The van der Waals surface area contributed by atoms with Gasteiger partial charge >= 0.3 is 12.0 Å². The van der Waals surface area contributed by atoms with E-state index in [9.17, 15) is 19.7 Å². The number of non-ortho nitro benzene ring substituents is 1. The summed E-state index contributed by atoms with van der Waals surface area (Å²) < 4.78 is 5.89. The molecule has 8 nitrogen and oxygen atoms in total. The SMILES string of the molecule is CC(=O)O[C@@H]1[C@H]2[C@@H](Cc3ccccc3)N2C(=O)N(Cc2cccc([N+](=O)[O-])c2)[C@@H]1Cc1ccccc1. The number of nitro groups is 1. The van der Waals surface area contributed by atoms with Gasteiger partial charge < -0.3 is 14.5 Å². The molecule has 8 heteroatoms. The predicted molar refractivity (Wildman–Crippen MR) is 133 cm³/mol. The molecule has 0 N–H and O–H groups in total. The number of urea groups is 1. The highest BCUT2D eigenvalue weighted by Crippen LogP contribution is 2.44. The van der Waals surface area contributed by atoms with E-state index in [4.69, 9.17) is 4.74 Å². The molecule has 2 aliphatic rings. The lowest BCUT2D eigenvalue weighted by molar-refractivity contribution is -0.384. The van der Waals surface area contributed by atoms with Gasteiger partial charge in [0.05, 0.1) is 23.0 Å². The van der Waals surface area contributed by atoms with Crippen molar-refractivity contribution in [2.24, 2.45) is 0 Å². The summed E-state index contributed by atoms with van der Waals surface area (Å²) in [6, 6.07) is 25.2. The molecule has 0 radical (unpaired) electrons. The Hall–Kier alpha value is -4.20. The summed E-state index contributed by atoms with van der Waals surface area (Å²) in [4.78, 5) is 40.4. The summed E-state index contributed by atoms with van der Waals surface area (Å²) in [7, 11) is 0. The molecule has 0 aromatic heterocycles. The monoisotopic (exact) mass is 485 g/mol. The lowest BCUT2D eigenvalue weighted by Crippen LogP contribution is -2.57. The summed E-state index contributed by atoms with van der Waals surface area (Å²) in [6.45, 7) is 1.57. The molecular weight excluding hydrogens is 458 g/mol. The van der Waals surface area contributed by atoms with Gasteiger partial charge in [0.1, 0.15) is 6.10 Å². The van der Waals surface area contributed by atoms with Gasteiger partial charge in [-0.25, -0.2) is 4.79 Å². The molecule has 2 amide bonds. The second-order valence-corrected chi connectivity index (χ2v) is 9.32. The Balaban J connectivity index is 1.50. The topological polar surface area (TPSA) is 92.8 Å². The number of ether oxygens (including phenoxy) is 1. The van der Waals surface area contributed by atoms with Gasteiger partial charge in [-0.3, -0.25) is 14.9 Å². The minimum absolute atomic E-state index is 0.0281. The number of hydrogen-bond donors (Lipinski definition) is 0. The van der Waals surface area contributed by atoms with Crippen LogP contribution in [0.3, 0.4) is 0 Å². The Morgan fingerprint density at radius 3 is 2.06 bits per heavy atom. The zero-order chi connectivity index (χ0) is 25.2. The number of amides is 2. The molecule has 2 heterocycles. The first-order valence-corrected chi connectivity index (χ1v) is 12.0. The van der Waals surface area contributed by atoms with E-state index in [1.807, 2.05) is 60.7 Å². The molecule has 4 atom stereocenters. The number of carbonyl (C=O) groups is 2. The third-order valence-corrected chi connectivity index (χ3v) is 6.92. The van der Waals surface area contributed by atoms with Crippen LogP contribution in [0.1, 0.15) is 23.6 Å². The fourth-order valence-corrected chi connectivity index (χ4v) is 5.29. The van der Waals surface area contributed by atoms with Gasteiger partial charge in [-0.2, -0.15) is 0 Å². The van der Waals surface area contributed by atoms with E-state index < -0.39 is 23.0 Å². The molecule has 5 rings (SSSR count). The molecule has 0 aliphatic carbocycles. The standard InChI is InChI=1S/C28H27N3O5/c1-19(32)36-27-25(17-21-11-6-3-7-12-21)29(18-22-13-8-14-23(15-22)31(34)35)28(33)30-24(26(27)30)16-20-9-4-2-5-10-20/h2-15,24-27H,16-18H2,1H3/t24-,25-,26-,27+,30?/m1/s1. The zero-order valence-electron chi connectivity index (χ0n) is 19.9. The number of rotatable bonds is 8. The summed E-state index contributed by atoms with van der Waals surface area (Å²) in [5, 5.41) is 11.3. The number of esters is 1. The second kappa shape index (κ2) is 9.81. The molecule has 2 saturated heterocycles. The minimum Gasteiger partial charge on any atom is -0.458 e. The maximum Gasteiger partial charge on any atom is 0.321 e. The highest BCUT2D eigenvalue weighted by atomic mass is 16.6. The van der Waals surface area contributed by atoms with Gasteiger partial charge in [0.25, 0.3) is 5.69 Å². The van der Waals surface area contributed by atoms with Crippen molar-refractivity contribution >= 4 is 17.7 Å². The number of nitro benzene ring substituents is 1. The summed E-state index contributed by atoms with van der Waals surface area (Å²) in [5.41, 5.74) is 2.75. The molecule has 2 fully saturated rings. The van der Waals surface area contributed by atoms with Crippen molar-refractivity contribution in [1.29, 1.82) is 0 Å². The first-order valence-electron chi connectivity index (χ1n) is 12.0. The van der Waals surface area contributed by atoms with Gasteiger partial charge in [0, 0.05) is 25.6 Å². The van der Waals surface area contributed by atoms with Gasteiger partial charge in [-0.05, 0) is 29.5 Å². The van der Waals surface area contributed by atoms with E-state index in [0.717, 1.165) is 11.1 Å². The summed E-state index contributed by atoms with van der Waals surface area (Å²) in [6.07, 6.45) is 0.646. The Labute approximate surface area is 209 Å². The third kappa shape index (κ3) is 4.79. The summed E-state index contributed by atoms with van der Waals surface area (Å²) in [5.74, 6) is -0.395. The minimum atomic E-state index is -0.521. The van der Waals surface area contributed by atoms with Crippen LogP contribution in [-0.4, -0.2) is 51.0 Å². The normalized spacial score (nSPS) is 22.6. The van der Waals surface area contributed by atoms with Crippen LogP contribution in [0.15, 0.2) is 84.9 Å². The molecule has 36 heavy (non-hydrogen) atoms. The first-order chi connectivity index (χ1) is 17.4. The van der Waals surface area contributed by atoms with E-state index >= 15 is 0 Å². The van der Waals surface area contributed by atoms with Gasteiger partial charge in [0.15, 0.2) is 0 Å². The third-order valence-electron chi connectivity index (χ3n) is 6.92. The second-order valence-electron chi connectivity index (χ2n) is 9.32. The van der Waals surface area contributed by atoms with Crippen molar-refractivity contribution in [3.8, 4) is 0 Å². The van der Waals surface area contributed by atoms with E-state index in [0.29, 0.717) is 18.4 Å². The maximum atomic E-state index is 13.8. The zero-order valence-corrected chi connectivity index (χ0v) is 19.9. The van der Waals surface area contributed by atoms with E-state index in [2.05, 4.69) is 0 Å². The quantitative estimate of drug-likeness (QED) is 0.204. The Kier molecular flexibility index (Phi) is 6.41. The van der Waals surface area contributed by atoms with Crippen LogP contribution in [0.2, 0.25) is 0 Å². The summed E-state index contributed by atoms with van der Waals surface area (Å²) >= 11 is 0. The fourth-order valence-electron chi connectivity index (χ4n) is 5.29. The van der Waals surface area contributed by atoms with Crippen molar-refractivity contribution in [3.05, 3.63) is 112 Å². The molecule has 0 spiro atoms. The van der Waals surface area contributed by atoms with Crippen LogP contribution >= 0.6 is 0 Å². The van der Waals surface area contributed by atoms with E-state index in [-0.39, 0.29) is 30.3 Å². The predicted octanol–water partition coefficient (Wildman–Crippen LogP) is 4.37. The molecule has 0 bridgehead atoms. The molecule has 2 aliphatic heterocycles. The highest BCUT2D eigenvalue weighted by molar-refractivity contribution is 5.81. The van der Waals surface area contributed by atoms with Crippen LogP contribution in [0.4, 0.5) is 10.5 Å². The maximum absolute atomic E-state index is 13.8. The number of carbonyl (C=O) groups excluding carboxylic acids is 2. The Morgan fingerprint density at radius 1 is 0.889 bits per heavy atom. The van der Waals surface area contributed by atoms with Crippen molar-refractivity contribution in [3.63, 3.8) is 0 Å². The molecular formula is C28H27N3O5. The lowest BCUT2D eigenvalue weighted by atomic mass is 9.94. The van der Waals surface area contributed by atoms with Crippen LogP contribution in [0, 0.1) is 10.1 Å². The van der Waals surface area contributed by atoms with Crippen LogP contribution < -0.4 is 0 Å². The lowest BCUT2D eigenvalue weighted by Gasteiger charge is -2.40. The number of nitrogens with zero attached hydrogens (tertiary/aromatic N) is 3. The molecule has 3 aromatic rings. The van der Waals surface area contributed by atoms with Crippen molar-refractivity contribution < 1.29 is 19.2 Å².